The lowest BCUT2D eigenvalue weighted by molar-refractivity contribution is 0.753. The van der Waals surface area contributed by atoms with E-state index in [0.717, 1.165) is 95.3 Å². The molecule has 2 aromatic heterocycles. The summed E-state index contributed by atoms with van der Waals surface area (Å²) in [6, 6.07) is 108. The molecule has 0 radical (unpaired) electrons. The Hall–Kier alpha value is -10.6. The van der Waals surface area contributed by atoms with Gasteiger partial charge < -0.3 is 4.90 Å². The van der Waals surface area contributed by atoms with Crippen molar-refractivity contribution in [3.05, 3.63) is 320 Å². The van der Waals surface area contributed by atoms with E-state index in [0.29, 0.717) is 0 Å². The molecule has 0 unspecified atom stereocenters. The maximum Gasteiger partial charge on any atom is 0.145 e. The molecule has 1 spiro atoms. The average molecular weight is 1020 g/mol. The van der Waals surface area contributed by atoms with Gasteiger partial charge in [0.2, 0.25) is 0 Å². The zero-order chi connectivity index (χ0) is 52.7. The van der Waals surface area contributed by atoms with E-state index in [9.17, 15) is 0 Å². The van der Waals surface area contributed by atoms with Crippen LogP contribution in [-0.4, -0.2) is 19.1 Å². The van der Waals surface area contributed by atoms with Gasteiger partial charge in [0.05, 0.1) is 38.9 Å². The van der Waals surface area contributed by atoms with Crippen LogP contribution in [0.15, 0.2) is 297 Å². The van der Waals surface area contributed by atoms with Crippen LogP contribution in [0.1, 0.15) is 22.3 Å². The quantitative estimate of drug-likeness (QED) is 0.152. The first-order valence-corrected chi connectivity index (χ1v) is 27.4. The van der Waals surface area contributed by atoms with Crippen LogP contribution < -0.4 is 4.90 Å². The third-order valence-electron chi connectivity index (χ3n) is 16.5. The molecule has 5 heteroatoms. The first kappa shape index (κ1) is 45.6. The van der Waals surface area contributed by atoms with Crippen molar-refractivity contribution in [1.82, 2.24) is 19.1 Å². The van der Waals surface area contributed by atoms with E-state index in [1.54, 1.807) is 0 Å². The molecule has 0 fully saturated rings. The number of anilines is 3. The number of rotatable bonds is 8. The third-order valence-corrected chi connectivity index (χ3v) is 16.5. The fourth-order valence-corrected chi connectivity index (χ4v) is 13.0. The molecule has 16 rings (SSSR count). The van der Waals surface area contributed by atoms with Crippen molar-refractivity contribution in [2.24, 2.45) is 0 Å². The lowest BCUT2D eigenvalue weighted by Gasteiger charge is -2.45. The lowest BCUT2D eigenvalue weighted by Crippen LogP contribution is -2.36. The molecule has 0 amide bonds. The fraction of sp³-hybridized carbons (Fsp3) is 0.0133. The number of aromatic nitrogens is 4. The molecule has 1 aliphatic heterocycles. The molecule has 3 heterocycles. The van der Waals surface area contributed by atoms with Gasteiger partial charge in [0.1, 0.15) is 11.6 Å². The summed E-state index contributed by atoms with van der Waals surface area (Å²) in [6.45, 7) is 0. The molecular formula is C75H49N5. The smallest absolute Gasteiger partial charge is 0.145 e. The van der Waals surface area contributed by atoms with Crippen LogP contribution in [0.3, 0.4) is 0 Å². The predicted molar refractivity (Wildman–Crippen MR) is 328 cm³/mol. The first-order chi connectivity index (χ1) is 39.7. The summed E-state index contributed by atoms with van der Waals surface area (Å²) in [5.41, 5.74) is 25.7. The van der Waals surface area contributed by atoms with Crippen molar-refractivity contribution in [2.45, 2.75) is 5.41 Å². The topological polar surface area (TPSA) is 38.9 Å². The van der Waals surface area contributed by atoms with Crippen molar-refractivity contribution in [3.63, 3.8) is 0 Å². The van der Waals surface area contributed by atoms with Gasteiger partial charge in [-0.25, -0.2) is 9.97 Å². The van der Waals surface area contributed by atoms with E-state index < -0.39 is 5.41 Å². The molecule has 374 valence electrons. The first-order valence-electron chi connectivity index (χ1n) is 27.4. The summed E-state index contributed by atoms with van der Waals surface area (Å²) in [5, 5.41) is 0. The van der Waals surface area contributed by atoms with Crippen LogP contribution >= 0.6 is 0 Å². The molecule has 14 aromatic rings. The Morgan fingerprint density at radius 1 is 0.250 bits per heavy atom. The molecule has 0 N–H and O–H groups in total. The Bertz CT molecular complexity index is 4460. The van der Waals surface area contributed by atoms with E-state index in [1.807, 2.05) is 0 Å². The van der Waals surface area contributed by atoms with Gasteiger partial charge in [0.25, 0.3) is 0 Å². The van der Waals surface area contributed by atoms with Gasteiger partial charge >= 0.3 is 0 Å². The number of imidazole rings is 2. The zero-order valence-electron chi connectivity index (χ0n) is 43.5. The molecule has 80 heavy (non-hydrogen) atoms. The second kappa shape index (κ2) is 18.3. The molecule has 2 aliphatic rings. The third kappa shape index (κ3) is 7.04. The highest BCUT2D eigenvalue weighted by Gasteiger charge is 2.51. The Labute approximate surface area is 464 Å². The molecule has 0 saturated carbocycles. The van der Waals surface area contributed by atoms with Crippen LogP contribution in [0.4, 0.5) is 17.1 Å². The fourth-order valence-electron chi connectivity index (χ4n) is 13.0. The van der Waals surface area contributed by atoms with Crippen LogP contribution in [0, 0.1) is 0 Å². The Kier molecular flexibility index (Phi) is 10.4. The maximum atomic E-state index is 5.21. The number of hydrogen-bond donors (Lipinski definition) is 0. The average Bonchev–Trinajstić information content (AvgIpc) is 4.37. The Balaban J connectivity index is 0.873. The lowest BCUT2D eigenvalue weighted by atomic mass is 9.64. The van der Waals surface area contributed by atoms with Crippen LogP contribution in [-0.2, 0) is 5.41 Å². The van der Waals surface area contributed by atoms with Crippen LogP contribution in [0.25, 0.3) is 101 Å². The van der Waals surface area contributed by atoms with Crippen LogP contribution in [0.2, 0.25) is 0 Å². The summed E-state index contributed by atoms with van der Waals surface area (Å²) < 4.78 is 4.53. The van der Waals surface area contributed by atoms with E-state index in [-0.39, 0.29) is 0 Å². The van der Waals surface area contributed by atoms with Gasteiger partial charge in [0, 0.05) is 28.2 Å². The second-order valence-corrected chi connectivity index (χ2v) is 20.9. The standard InChI is InChI=1S/C75H49N5/c1-4-20-58(21-5-1)78-69-32-16-12-28-64(69)75(65-29-13-17-33-70(65)78)63-27-11-10-26-61(63)62-45-44-54(49-66(62)75)57-47-55(50-36-40-52(41-37-50)73-76-67-30-14-18-34-71(67)79(73)59-22-6-2-7-23-59)46-56(48-57)51-38-42-53(43-39-51)74-77-68-31-15-19-35-72(68)80(74)60-24-8-3-9-25-60/h1-49H. The monoisotopic (exact) mass is 1020 g/mol. The van der Waals surface area contributed by atoms with Gasteiger partial charge in [-0.1, -0.05) is 200 Å². The van der Waals surface area contributed by atoms with Crippen molar-refractivity contribution < 1.29 is 0 Å². The molecule has 5 nitrogen and oxygen atoms in total. The van der Waals surface area contributed by atoms with E-state index in [2.05, 4.69) is 311 Å². The molecule has 1 aliphatic carbocycles. The van der Waals surface area contributed by atoms with Crippen molar-refractivity contribution >= 4 is 39.1 Å². The summed E-state index contributed by atoms with van der Waals surface area (Å²) in [4.78, 5) is 12.9. The highest BCUT2D eigenvalue weighted by atomic mass is 15.2. The van der Waals surface area contributed by atoms with Crippen molar-refractivity contribution in [1.29, 1.82) is 0 Å². The van der Waals surface area contributed by atoms with Gasteiger partial charge in [-0.05, 0) is 164 Å². The number of benzene rings is 12. The normalized spacial score (nSPS) is 12.8. The molecule has 0 bridgehead atoms. The van der Waals surface area contributed by atoms with E-state index in [4.69, 9.17) is 9.97 Å². The van der Waals surface area contributed by atoms with Gasteiger partial charge in [-0.15, -0.1) is 0 Å². The molecule has 12 aromatic carbocycles. The highest BCUT2D eigenvalue weighted by molar-refractivity contribution is 5.97. The van der Waals surface area contributed by atoms with Crippen LogP contribution in [0.5, 0.6) is 0 Å². The minimum absolute atomic E-state index is 0.584. The minimum atomic E-state index is -0.584. The summed E-state index contributed by atoms with van der Waals surface area (Å²) in [6.07, 6.45) is 0. The SMILES string of the molecule is c1ccc(N2c3ccccc3C3(c4ccccc4-c4ccc(-c5cc(-c6ccc(-c7nc8ccccc8n7-c7ccccc7)cc6)cc(-c6ccc(-c7nc8ccccc8n7-c7ccccc7)cc6)c5)cc43)c3ccccc32)cc1. The number of nitrogens with zero attached hydrogens (tertiary/aromatic N) is 5. The number of hydrogen-bond acceptors (Lipinski definition) is 3. The Morgan fingerprint density at radius 3 is 1.14 bits per heavy atom. The van der Waals surface area contributed by atoms with Gasteiger partial charge in [-0.2, -0.15) is 0 Å². The highest BCUT2D eigenvalue weighted by Crippen LogP contribution is 2.63. The Morgan fingerprint density at radius 2 is 0.625 bits per heavy atom. The van der Waals surface area contributed by atoms with Crippen molar-refractivity contribution in [3.8, 4) is 78.7 Å². The van der Waals surface area contributed by atoms with Gasteiger partial charge in [-0.3, -0.25) is 9.13 Å². The number of para-hydroxylation sites is 9. The van der Waals surface area contributed by atoms with E-state index >= 15 is 0 Å². The summed E-state index contributed by atoms with van der Waals surface area (Å²) in [5.74, 6) is 1.81. The number of fused-ring (bicyclic) bond motifs is 11. The summed E-state index contributed by atoms with van der Waals surface area (Å²) >= 11 is 0. The molecule has 0 atom stereocenters. The van der Waals surface area contributed by atoms with Gasteiger partial charge in [0.15, 0.2) is 0 Å². The summed E-state index contributed by atoms with van der Waals surface area (Å²) in [7, 11) is 0. The minimum Gasteiger partial charge on any atom is -0.310 e. The van der Waals surface area contributed by atoms with Crippen molar-refractivity contribution in [2.75, 3.05) is 4.90 Å². The van der Waals surface area contributed by atoms with E-state index in [1.165, 1.54) is 44.8 Å². The molecular weight excluding hydrogens is 971 g/mol. The molecule has 0 saturated heterocycles. The predicted octanol–water partition coefficient (Wildman–Crippen LogP) is 18.8. The largest absolute Gasteiger partial charge is 0.310 e. The second-order valence-electron chi connectivity index (χ2n) is 20.9. The maximum absolute atomic E-state index is 5.21. The zero-order valence-corrected chi connectivity index (χ0v) is 43.5.